The van der Waals surface area contributed by atoms with Crippen LogP contribution in [0.2, 0.25) is 0 Å². The van der Waals surface area contributed by atoms with Crippen molar-refractivity contribution < 1.29 is 28.4 Å². The Morgan fingerprint density at radius 3 is 2.75 bits per heavy atom. The fourth-order valence-corrected chi connectivity index (χ4v) is 1.67. The third kappa shape index (κ3) is 1.68. The molecule has 0 atom stereocenters. The van der Waals surface area contributed by atoms with Crippen molar-refractivity contribution in [1.82, 2.24) is 0 Å². The van der Waals surface area contributed by atoms with Crippen molar-refractivity contribution in [1.29, 1.82) is 0 Å². The van der Waals surface area contributed by atoms with Gasteiger partial charge >= 0.3 is 13.1 Å². The summed E-state index contributed by atoms with van der Waals surface area (Å²) in [6.07, 6.45) is -2.79. The number of benzene rings is 1. The molecule has 2 N–H and O–H groups in total. The minimum Gasteiger partial charge on any atom is -0.478 e. The van der Waals surface area contributed by atoms with E-state index in [1.54, 1.807) is 0 Å². The average Bonchev–Trinajstić information content (AvgIpc) is 2.59. The van der Waals surface area contributed by atoms with E-state index in [1.165, 1.54) is 0 Å². The fraction of sp³-hybridized carbons (Fsp3) is 0.222. The molecule has 0 saturated heterocycles. The van der Waals surface area contributed by atoms with Gasteiger partial charge in [0, 0.05) is 5.56 Å². The molecule has 16 heavy (non-hydrogen) atoms. The van der Waals surface area contributed by atoms with Crippen molar-refractivity contribution in [3.05, 3.63) is 28.8 Å². The smallest absolute Gasteiger partial charge is 0.478 e. The molecule has 0 radical (unpaired) electrons. The second-order valence-electron chi connectivity index (χ2n) is 3.40. The monoisotopic (exact) mass is 228 g/mol. The van der Waals surface area contributed by atoms with Crippen molar-refractivity contribution in [3.63, 3.8) is 0 Å². The molecule has 1 aliphatic heterocycles. The topological polar surface area (TPSA) is 66.8 Å². The highest BCUT2D eigenvalue weighted by atomic mass is 19.3. The number of aromatic carboxylic acids is 1. The molecule has 7 heteroatoms. The van der Waals surface area contributed by atoms with Gasteiger partial charge in [-0.25, -0.2) is 13.6 Å². The summed E-state index contributed by atoms with van der Waals surface area (Å²) < 4.78 is 30.1. The Balaban J connectivity index is 2.61. The first-order chi connectivity index (χ1) is 7.50. The standard InChI is InChI=1S/C9H7BF2O4/c11-8(12)5-1-4(9(13)14)2-7-6(5)3-16-10(7)15/h1-2,8,15H,3H2,(H,13,14). The zero-order valence-corrected chi connectivity index (χ0v) is 7.98. The third-order valence-electron chi connectivity index (χ3n) is 2.45. The van der Waals surface area contributed by atoms with Gasteiger partial charge in [0.1, 0.15) is 0 Å². The lowest BCUT2D eigenvalue weighted by Gasteiger charge is -2.08. The van der Waals surface area contributed by atoms with Gasteiger partial charge in [-0.1, -0.05) is 0 Å². The zero-order valence-electron chi connectivity index (χ0n) is 7.98. The highest BCUT2D eigenvalue weighted by Gasteiger charge is 2.32. The van der Waals surface area contributed by atoms with Crippen molar-refractivity contribution in [2.75, 3.05) is 0 Å². The SMILES string of the molecule is O=C(O)c1cc2c(c(C(F)F)c1)COB2O. The Hall–Kier alpha value is -1.47. The van der Waals surface area contributed by atoms with Crippen LogP contribution >= 0.6 is 0 Å². The fourth-order valence-electron chi connectivity index (χ4n) is 1.67. The van der Waals surface area contributed by atoms with Crippen LogP contribution in [0.4, 0.5) is 8.78 Å². The highest BCUT2D eigenvalue weighted by molar-refractivity contribution is 6.61. The van der Waals surface area contributed by atoms with E-state index in [4.69, 9.17) is 9.76 Å². The maximum atomic E-state index is 12.7. The maximum Gasteiger partial charge on any atom is 0.491 e. The molecule has 1 heterocycles. The quantitative estimate of drug-likeness (QED) is 0.725. The normalized spacial score (nSPS) is 14.4. The largest absolute Gasteiger partial charge is 0.491 e. The average molecular weight is 228 g/mol. The lowest BCUT2D eigenvalue weighted by atomic mass is 9.77. The van der Waals surface area contributed by atoms with E-state index in [-0.39, 0.29) is 23.2 Å². The second-order valence-corrected chi connectivity index (χ2v) is 3.40. The summed E-state index contributed by atoms with van der Waals surface area (Å²) in [4.78, 5) is 10.7. The summed E-state index contributed by atoms with van der Waals surface area (Å²) in [5, 5.41) is 18.1. The molecule has 0 aromatic heterocycles. The van der Waals surface area contributed by atoms with Crippen molar-refractivity contribution in [2.24, 2.45) is 0 Å². The lowest BCUT2D eigenvalue weighted by Crippen LogP contribution is -2.29. The number of hydrogen-bond acceptors (Lipinski definition) is 3. The van der Waals surface area contributed by atoms with Crippen LogP contribution in [-0.4, -0.2) is 23.2 Å². The Morgan fingerprint density at radius 2 is 2.19 bits per heavy atom. The number of rotatable bonds is 2. The van der Waals surface area contributed by atoms with Gasteiger partial charge in [-0.05, 0) is 23.2 Å². The van der Waals surface area contributed by atoms with Gasteiger partial charge in [-0.2, -0.15) is 0 Å². The molecule has 0 amide bonds. The van der Waals surface area contributed by atoms with Crippen molar-refractivity contribution in [3.8, 4) is 0 Å². The predicted octanol–water partition coefficient (Wildman–Crippen LogP) is 0.540. The van der Waals surface area contributed by atoms with Crippen LogP contribution in [0.5, 0.6) is 0 Å². The molecule has 1 aromatic carbocycles. The van der Waals surface area contributed by atoms with Gasteiger partial charge in [0.2, 0.25) is 0 Å². The number of carbonyl (C=O) groups is 1. The van der Waals surface area contributed by atoms with Crippen LogP contribution in [0, 0.1) is 0 Å². The van der Waals surface area contributed by atoms with E-state index in [1.807, 2.05) is 0 Å². The van der Waals surface area contributed by atoms with Gasteiger partial charge in [0.15, 0.2) is 0 Å². The first-order valence-corrected chi connectivity index (χ1v) is 4.48. The molecule has 0 bridgehead atoms. The first kappa shape index (κ1) is 11.0. The van der Waals surface area contributed by atoms with E-state index < -0.39 is 25.1 Å². The number of fused-ring (bicyclic) bond motifs is 1. The molecule has 0 aliphatic carbocycles. The van der Waals surface area contributed by atoms with E-state index in [9.17, 15) is 18.6 Å². The van der Waals surface area contributed by atoms with Gasteiger partial charge in [-0.3, -0.25) is 0 Å². The van der Waals surface area contributed by atoms with E-state index >= 15 is 0 Å². The molecule has 1 aliphatic rings. The summed E-state index contributed by atoms with van der Waals surface area (Å²) in [7, 11) is -1.33. The van der Waals surface area contributed by atoms with Crippen LogP contribution in [0.15, 0.2) is 12.1 Å². The Labute approximate surface area is 89.6 Å². The Morgan fingerprint density at radius 1 is 1.50 bits per heavy atom. The van der Waals surface area contributed by atoms with Gasteiger partial charge < -0.3 is 14.8 Å². The molecule has 84 valence electrons. The summed E-state index contributed by atoms with van der Waals surface area (Å²) in [5.41, 5.74) is -0.396. The molecular weight excluding hydrogens is 221 g/mol. The van der Waals surface area contributed by atoms with Crippen molar-refractivity contribution >= 4 is 18.6 Å². The number of alkyl halides is 2. The number of halogens is 2. The number of carboxylic acid groups (broad SMARTS) is 1. The van der Waals surface area contributed by atoms with Crippen LogP contribution in [-0.2, 0) is 11.3 Å². The summed E-state index contributed by atoms with van der Waals surface area (Å²) in [6, 6.07) is 2.06. The number of carboxylic acids is 1. The molecule has 0 saturated carbocycles. The molecule has 0 spiro atoms. The van der Waals surface area contributed by atoms with Crippen molar-refractivity contribution in [2.45, 2.75) is 13.0 Å². The molecule has 0 unspecified atom stereocenters. The van der Waals surface area contributed by atoms with Crippen LogP contribution in [0.3, 0.4) is 0 Å². The first-order valence-electron chi connectivity index (χ1n) is 4.48. The van der Waals surface area contributed by atoms with Crippen LogP contribution < -0.4 is 5.46 Å². The third-order valence-corrected chi connectivity index (χ3v) is 2.45. The molecule has 2 rings (SSSR count). The van der Waals surface area contributed by atoms with E-state index in [0.29, 0.717) is 0 Å². The summed E-state index contributed by atoms with van der Waals surface area (Å²) >= 11 is 0. The second kappa shape index (κ2) is 3.84. The van der Waals surface area contributed by atoms with Crippen LogP contribution in [0.1, 0.15) is 27.9 Å². The molecule has 4 nitrogen and oxygen atoms in total. The lowest BCUT2D eigenvalue weighted by molar-refractivity contribution is 0.0696. The minimum absolute atomic E-state index is 0.107. The molecular formula is C9H7BF2O4. The summed E-state index contributed by atoms with van der Waals surface area (Å²) in [5.74, 6) is -1.32. The molecule has 0 fully saturated rings. The molecule has 1 aromatic rings. The predicted molar refractivity (Wildman–Crippen MR) is 50.8 cm³/mol. The highest BCUT2D eigenvalue weighted by Crippen LogP contribution is 2.26. The zero-order chi connectivity index (χ0) is 11.9. The Bertz CT molecular complexity index is 449. The number of hydrogen-bond donors (Lipinski definition) is 2. The summed E-state index contributed by atoms with van der Waals surface area (Å²) in [6.45, 7) is -0.129. The van der Waals surface area contributed by atoms with E-state index in [0.717, 1.165) is 12.1 Å². The Kier molecular flexibility index (Phi) is 2.65. The van der Waals surface area contributed by atoms with E-state index in [2.05, 4.69) is 0 Å². The van der Waals surface area contributed by atoms with Gasteiger partial charge in [-0.15, -0.1) is 0 Å². The minimum atomic E-state index is -2.79. The van der Waals surface area contributed by atoms with Crippen LogP contribution in [0.25, 0.3) is 0 Å². The van der Waals surface area contributed by atoms with Gasteiger partial charge in [0.05, 0.1) is 12.2 Å². The van der Waals surface area contributed by atoms with Gasteiger partial charge in [0.25, 0.3) is 6.43 Å². The maximum absolute atomic E-state index is 12.7.